The number of ether oxygens (including phenoxy) is 1. The number of aryl methyl sites for hydroxylation is 1. The largest absolute Gasteiger partial charge is 0.484 e. The molecule has 0 aromatic heterocycles. The molecule has 0 atom stereocenters. The van der Waals surface area contributed by atoms with E-state index in [-0.39, 0.29) is 37.4 Å². The maximum atomic E-state index is 12.0. The fourth-order valence-corrected chi connectivity index (χ4v) is 2.48. The number of carbonyl (C=O) groups is 3. The molecule has 2 rings (SSSR count). The van der Waals surface area contributed by atoms with Crippen LogP contribution in [0.3, 0.4) is 0 Å². The number of nitrogens with one attached hydrogen (secondary N) is 3. The molecule has 29 heavy (non-hydrogen) atoms. The van der Waals surface area contributed by atoms with Crippen LogP contribution in [-0.4, -0.2) is 44.0 Å². The quantitative estimate of drug-likeness (QED) is 0.470. The van der Waals surface area contributed by atoms with E-state index in [1.165, 1.54) is 0 Å². The molecule has 0 aliphatic rings. The van der Waals surface area contributed by atoms with Crippen LogP contribution in [-0.2, 0) is 20.8 Å². The first kappa shape index (κ1) is 21.9. The molecule has 2 aromatic carbocycles. The monoisotopic (exact) mass is 398 g/mol. The van der Waals surface area contributed by atoms with Crippen LogP contribution in [0.5, 0.6) is 5.75 Å². The Morgan fingerprint density at radius 2 is 1.72 bits per heavy atom. The van der Waals surface area contributed by atoms with Crippen molar-refractivity contribution in [3.05, 3.63) is 59.7 Å². The molecule has 5 N–H and O–H groups in total. The van der Waals surface area contributed by atoms with Crippen molar-refractivity contribution in [3.63, 3.8) is 0 Å². The van der Waals surface area contributed by atoms with Crippen molar-refractivity contribution >= 4 is 23.4 Å². The second-order valence-corrected chi connectivity index (χ2v) is 6.43. The van der Waals surface area contributed by atoms with E-state index in [0.29, 0.717) is 18.7 Å². The Bertz CT molecular complexity index is 837. The van der Waals surface area contributed by atoms with Crippen LogP contribution < -0.4 is 26.4 Å². The molecular weight excluding hydrogens is 372 g/mol. The van der Waals surface area contributed by atoms with E-state index in [9.17, 15) is 14.4 Å². The van der Waals surface area contributed by atoms with Gasteiger partial charge in [0.05, 0.1) is 13.1 Å². The van der Waals surface area contributed by atoms with E-state index >= 15 is 0 Å². The number of rotatable bonds is 10. The summed E-state index contributed by atoms with van der Waals surface area (Å²) in [6.45, 7) is 2.08. The highest BCUT2D eigenvalue weighted by molar-refractivity contribution is 5.91. The van der Waals surface area contributed by atoms with Gasteiger partial charge < -0.3 is 26.4 Å². The molecule has 0 radical (unpaired) electrons. The molecule has 0 spiro atoms. The number of anilines is 1. The Labute approximate surface area is 169 Å². The summed E-state index contributed by atoms with van der Waals surface area (Å²) in [6.07, 6.45) is 0.630. The molecule has 0 aliphatic heterocycles. The van der Waals surface area contributed by atoms with Gasteiger partial charge >= 0.3 is 0 Å². The van der Waals surface area contributed by atoms with Gasteiger partial charge in [0.25, 0.3) is 5.91 Å². The van der Waals surface area contributed by atoms with Gasteiger partial charge in [-0.2, -0.15) is 0 Å². The number of benzene rings is 2. The average Bonchev–Trinajstić information content (AvgIpc) is 2.71. The SMILES string of the molecule is Cc1cccc(NC(=O)COc2ccc(CCNC(=O)CNC(=O)CN)cc2)c1. The number of carbonyl (C=O) groups excluding carboxylic acids is 3. The molecule has 8 nitrogen and oxygen atoms in total. The highest BCUT2D eigenvalue weighted by Crippen LogP contribution is 2.13. The third-order valence-corrected chi connectivity index (χ3v) is 3.96. The topological polar surface area (TPSA) is 123 Å². The van der Waals surface area contributed by atoms with Crippen LogP contribution in [0.25, 0.3) is 0 Å². The summed E-state index contributed by atoms with van der Waals surface area (Å²) in [7, 11) is 0. The van der Waals surface area contributed by atoms with Crippen LogP contribution in [0.2, 0.25) is 0 Å². The minimum absolute atomic E-state index is 0.0855. The fourth-order valence-electron chi connectivity index (χ4n) is 2.48. The molecule has 3 amide bonds. The summed E-state index contributed by atoms with van der Waals surface area (Å²) in [5, 5.41) is 7.90. The standard InChI is InChI=1S/C21H26N4O4/c1-15-3-2-4-17(11-15)25-21(28)14-29-18-7-5-16(6-8-18)9-10-23-20(27)13-24-19(26)12-22/h2-8,11H,9-10,12-14,22H2,1H3,(H,23,27)(H,24,26)(H,25,28). The van der Waals surface area contributed by atoms with E-state index in [1.807, 2.05) is 43.3 Å². The minimum atomic E-state index is -0.372. The molecule has 0 unspecified atom stereocenters. The molecule has 0 saturated carbocycles. The number of hydrogen-bond donors (Lipinski definition) is 4. The molecule has 154 valence electrons. The maximum Gasteiger partial charge on any atom is 0.262 e. The van der Waals surface area contributed by atoms with Crippen LogP contribution in [0.15, 0.2) is 48.5 Å². The summed E-state index contributed by atoms with van der Waals surface area (Å²) >= 11 is 0. The number of nitrogens with two attached hydrogens (primary N) is 1. The smallest absolute Gasteiger partial charge is 0.262 e. The zero-order valence-corrected chi connectivity index (χ0v) is 16.4. The fraction of sp³-hybridized carbons (Fsp3) is 0.286. The van der Waals surface area contributed by atoms with Gasteiger partial charge in [-0.3, -0.25) is 14.4 Å². The summed E-state index contributed by atoms with van der Waals surface area (Å²) < 4.78 is 5.50. The van der Waals surface area contributed by atoms with Gasteiger partial charge in [-0.1, -0.05) is 24.3 Å². The predicted octanol–water partition coefficient (Wildman–Crippen LogP) is 0.746. The number of amides is 3. The van der Waals surface area contributed by atoms with Gasteiger partial charge in [0, 0.05) is 12.2 Å². The van der Waals surface area contributed by atoms with Crippen molar-refractivity contribution < 1.29 is 19.1 Å². The Balaban J connectivity index is 1.68. The summed E-state index contributed by atoms with van der Waals surface area (Å²) in [6, 6.07) is 14.8. The molecule has 0 saturated heterocycles. The third-order valence-electron chi connectivity index (χ3n) is 3.96. The molecule has 2 aromatic rings. The minimum Gasteiger partial charge on any atom is -0.484 e. The molecule has 0 aliphatic carbocycles. The van der Waals surface area contributed by atoms with Crippen molar-refractivity contribution in [1.82, 2.24) is 10.6 Å². The van der Waals surface area contributed by atoms with Gasteiger partial charge in [0.15, 0.2) is 6.61 Å². The van der Waals surface area contributed by atoms with Crippen LogP contribution in [0.4, 0.5) is 5.69 Å². The van der Waals surface area contributed by atoms with Gasteiger partial charge in [-0.25, -0.2) is 0 Å². The lowest BCUT2D eigenvalue weighted by Gasteiger charge is -2.09. The van der Waals surface area contributed by atoms with E-state index in [1.54, 1.807) is 12.1 Å². The zero-order chi connectivity index (χ0) is 21.1. The second kappa shape index (κ2) is 11.5. The van der Waals surface area contributed by atoms with Crippen LogP contribution in [0, 0.1) is 6.92 Å². The second-order valence-electron chi connectivity index (χ2n) is 6.43. The van der Waals surface area contributed by atoms with E-state index in [2.05, 4.69) is 16.0 Å². The lowest BCUT2D eigenvalue weighted by Crippen LogP contribution is -2.40. The highest BCUT2D eigenvalue weighted by atomic mass is 16.5. The summed E-state index contributed by atoms with van der Waals surface area (Å²) in [5.41, 5.74) is 7.96. The molecule has 8 heteroatoms. The Morgan fingerprint density at radius 3 is 2.41 bits per heavy atom. The zero-order valence-electron chi connectivity index (χ0n) is 16.4. The van der Waals surface area contributed by atoms with Crippen LogP contribution in [0.1, 0.15) is 11.1 Å². The van der Waals surface area contributed by atoms with Gasteiger partial charge in [0.2, 0.25) is 11.8 Å². The van der Waals surface area contributed by atoms with Gasteiger partial charge in [-0.15, -0.1) is 0 Å². The van der Waals surface area contributed by atoms with E-state index in [4.69, 9.17) is 10.5 Å². The Hall–Kier alpha value is -3.39. The normalized spacial score (nSPS) is 10.1. The first-order valence-corrected chi connectivity index (χ1v) is 9.28. The lowest BCUT2D eigenvalue weighted by molar-refractivity contribution is -0.125. The highest BCUT2D eigenvalue weighted by Gasteiger charge is 2.05. The first-order valence-electron chi connectivity index (χ1n) is 9.28. The van der Waals surface area contributed by atoms with Gasteiger partial charge in [-0.05, 0) is 48.7 Å². The summed E-state index contributed by atoms with van der Waals surface area (Å²) in [5.74, 6) is -0.291. The third kappa shape index (κ3) is 8.44. The predicted molar refractivity (Wildman–Crippen MR) is 111 cm³/mol. The van der Waals surface area contributed by atoms with Crippen LogP contribution >= 0.6 is 0 Å². The number of hydrogen-bond acceptors (Lipinski definition) is 5. The lowest BCUT2D eigenvalue weighted by atomic mass is 10.1. The molecule has 0 heterocycles. The first-order chi connectivity index (χ1) is 14.0. The molecule has 0 fully saturated rings. The van der Waals surface area contributed by atoms with Crippen molar-refractivity contribution in [2.75, 3.05) is 31.6 Å². The maximum absolute atomic E-state index is 12.0. The van der Waals surface area contributed by atoms with E-state index in [0.717, 1.165) is 16.8 Å². The molecular formula is C21H26N4O4. The Kier molecular flexibility index (Phi) is 8.65. The van der Waals surface area contributed by atoms with Gasteiger partial charge in [0.1, 0.15) is 5.75 Å². The van der Waals surface area contributed by atoms with Crippen molar-refractivity contribution in [3.8, 4) is 5.75 Å². The van der Waals surface area contributed by atoms with Crippen molar-refractivity contribution in [1.29, 1.82) is 0 Å². The van der Waals surface area contributed by atoms with Crippen molar-refractivity contribution in [2.24, 2.45) is 5.73 Å². The summed E-state index contributed by atoms with van der Waals surface area (Å²) in [4.78, 5) is 34.5. The average molecular weight is 398 g/mol. The Morgan fingerprint density at radius 1 is 0.966 bits per heavy atom. The van der Waals surface area contributed by atoms with E-state index < -0.39 is 0 Å². The molecule has 0 bridgehead atoms. The van der Waals surface area contributed by atoms with Crippen molar-refractivity contribution in [2.45, 2.75) is 13.3 Å².